The van der Waals surface area contributed by atoms with Crippen molar-refractivity contribution in [1.82, 2.24) is 15.1 Å². The molecule has 2 aliphatic heterocycles. The molecule has 0 aliphatic carbocycles. The molecule has 1 N–H and O–H groups in total. The van der Waals surface area contributed by atoms with Crippen LogP contribution in [0.3, 0.4) is 0 Å². The van der Waals surface area contributed by atoms with Crippen LogP contribution in [0, 0.1) is 0 Å². The van der Waals surface area contributed by atoms with E-state index >= 15 is 0 Å². The Bertz CT molecular complexity index is 491. The number of hydrogen-bond donors (Lipinski definition) is 1. The monoisotopic (exact) mass is 319 g/mol. The van der Waals surface area contributed by atoms with Crippen molar-refractivity contribution in [3.8, 4) is 0 Å². The second-order valence-corrected chi connectivity index (χ2v) is 6.00. The summed E-state index contributed by atoms with van der Waals surface area (Å²) in [4.78, 5) is 16.3. The highest BCUT2D eigenvalue weighted by Gasteiger charge is 2.22. The number of rotatable bonds is 4. The van der Waals surface area contributed by atoms with Gasteiger partial charge in [-0.05, 0) is 5.56 Å². The lowest BCUT2D eigenvalue weighted by Crippen LogP contribution is -2.51. The van der Waals surface area contributed by atoms with Gasteiger partial charge in [-0.3, -0.25) is 4.90 Å². The molecule has 0 aromatic heterocycles. The summed E-state index contributed by atoms with van der Waals surface area (Å²) in [6.45, 7) is 6.55. The lowest BCUT2D eigenvalue weighted by molar-refractivity contribution is -0.0295. The number of benzene rings is 1. The van der Waals surface area contributed by atoms with Gasteiger partial charge in [0.25, 0.3) is 0 Å². The van der Waals surface area contributed by atoms with Crippen molar-refractivity contribution in [2.24, 2.45) is 0 Å². The maximum Gasteiger partial charge on any atom is 0.317 e. The van der Waals surface area contributed by atoms with E-state index < -0.39 is 0 Å². The normalized spacial score (nSPS) is 22.8. The van der Waals surface area contributed by atoms with Crippen molar-refractivity contribution in [3.05, 3.63) is 35.9 Å². The molecule has 1 aromatic carbocycles. The van der Waals surface area contributed by atoms with Crippen molar-refractivity contribution < 1.29 is 14.3 Å². The van der Waals surface area contributed by atoms with Crippen LogP contribution >= 0.6 is 0 Å². The Labute approximate surface area is 137 Å². The third-order valence-electron chi connectivity index (χ3n) is 4.25. The molecule has 0 spiro atoms. The Morgan fingerprint density at radius 3 is 2.70 bits per heavy atom. The maximum atomic E-state index is 12.1. The largest absolute Gasteiger partial charge is 0.378 e. The van der Waals surface area contributed by atoms with E-state index in [-0.39, 0.29) is 12.1 Å². The number of ether oxygens (including phenoxy) is 2. The second-order valence-electron chi connectivity index (χ2n) is 6.00. The van der Waals surface area contributed by atoms with Gasteiger partial charge in [-0.1, -0.05) is 30.3 Å². The minimum Gasteiger partial charge on any atom is -0.378 e. The lowest BCUT2D eigenvalue weighted by Gasteiger charge is -2.34. The Kier molecular flexibility index (Phi) is 5.85. The minimum atomic E-state index is -0.0166. The Morgan fingerprint density at radius 2 is 1.91 bits per heavy atom. The van der Waals surface area contributed by atoms with Gasteiger partial charge < -0.3 is 19.7 Å². The quantitative estimate of drug-likeness (QED) is 0.897. The molecule has 1 atom stereocenters. The predicted octanol–water partition coefficient (Wildman–Crippen LogP) is 0.929. The van der Waals surface area contributed by atoms with Crippen LogP contribution in [-0.2, 0) is 16.0 Å². The van der Waals surface area contributed by atoms with E-state index in [9.17, 15) is 4.79 Å². The molecule has 0 bridgehead atoms. The zero-order valence-electron chi connectivity index (χ0n) is 13.4. The topological polar surface area (TPSA) is 54.0 Å². The number of nitrogens with zero attached hydrogens (tertiary/aromatic N) is 2. The molecule has 2 fully saturated rings. The van der Waals surface area contributed by atoms with Gasteiger partial charge in [0.05, 0.1) is 25.9 Å². The van der Waals surface area contributed by atoms with Crippen LogP contribution in [0.1, 0.15) is 5.56 Å². The van der Waals surface area contributed by atoms with Gasteiger partial charge in [0.1, 0.15) is 0 Å². The molecule has 23 heavy (non-hydrogen) atoms. The first kappa shape index (κ1) is 16.2. The minimum absolute atomic E-state index is 0.0166. The molecule has 0 saturated carbocycles. The average Bonchev–Trinajstić information content (AvgIpc) is 2.62. The molecule has 2 heterocycles. The molecule has 0 radical (unpaired) electrons. The standard InChI is InChI=1S/C17H25N3O3/c21-17(20-7-9-22-10-8-20)18-12-16-14-19(6-11-23-16)13-15-4-2-1-3-5-15/h1-5,16H,6-14H2,(H,18,21). The summed E-state index contributed by atoms with van der Waals surface area (Å²) in [6.07, 6.45) is 0.0532. The zero-order chi connectivity index (χ0) is 15.9. The fraction of sp³-hybridized carbons (Fsp3) is 0.588. The van der Waals surface area contributed by atoms with Crippen LogP contribution in [0.25, 0.3) is 0 Å². The van der Waals surface area contributed by atoms with Crippen molar-refractivity contribution in [3.63, 3.8) is 0 Å². The third-order valence-corrected chi connectivity index (χ3v) is 4.25. The SMILES string of the molecule is O=C(NCC1CN(Cc2ccccc2)CCO1)N1CCOCC1. The first-order valence-corrected chi connectivity index (χ1v) is 8.29. The molecule has 2 amide bonds. The van der Waals surface area contributed by atoms with Crippen LogP contribution in [0.4, 0.5) is 4.79 Å². The lowest BCUT2D eigenvalue weighted by atomic mass is 10.2. The van der Waals surface area contributed by atoms with Crippen LogP contribution in [0.2, 0.25) is 0 Å². The zero-order valence-corrected chi connectivity index (χ0v) is 13.4. The molecular formula is C17H25N3O3. The summed E-state index contributed by atoms with van der Waals surface area (Å²) in [5.74, 6) is 0. The molecule has 6 heteroatoms. The molecule has 2 saturated heterocycles. The van der Waals surface area contributed by atoms with Crippen LogP contribution in [0.5, 0.6) is 0 Å². The smallest absolute Gasteiger partial charge is 0.317 e. The van der Waals surface area contributed by atoms with E-state index in [2.05, 4.69) is 34.5 Å². The summed E-state index contributed by atoms with van der Waals surface area (Å²) in [5.41, 5.74) is 1.31. The van der Waals surface area contributed by atoms with E-state index in [0.29, 0.717) is 39.5 Å². The van der Waals surface area contributed by atoms with Gasteiger partial charge >= 0.3 is 6.03 Å². The van der Waals surface area contributed by atoms with E-state index in [1.54, 1.807) is 4.90 Å². The molecule has 1 aromatic rings. The number of carbonyl (C=O) groups is 1. The van der Waals surface area contributed by atoms with E-state index in [0.717, 1.165) is 19.6 Å². The Balaban J connectivity index is 1.42. The van der Waals surface area contributed by atoms with Crippen molar-refractivity contribution in [2.45, 2.75) is 12.6 Å². The van der Waals surface area contributed by atoms with E-state index in [1.165, 1.54) is 5.56 Å². The second kappa shape index (κ2) is 8.29. The number of hydrogen-bond acceptors (Lipinski definition) is 4. The maximum absolute atomic E-state index is 12.1. The summed E-state index contributed by atoms with van der Waals surface area (Å²) in [7, 11) is 0. The van der Waals surface area contributed by atoms with Crippen LogP contribution < -0.4 is 5.32 Å². The number of morpholine rings is 2. The number of urea groups is 1. The highest BCUT2D eigenvalue weighted by atomic mass is 16.5. The van der Waals surface area contributed by atoms with Gasteiger partial charge in [0, 0.05) is 39.3 Å². The number of carbonyl (C=O) groups excluding carboxylic acids is 1. The highest BCUT2D eigenvalue weighted by molar-refractivity contribution is 5.74. The first-order chi connectivity index (χ1) is 11.3. The first-order valence-electron chi connectivity index (χ1n) is 8.29. The summed E-state index contributed by atoms with van der Waals surface area (Å²) >= 11 is 0. The number of amides is 2. The molecule has 2 aliphatic rings. The van der Waals surface area contributed by atoms with Gasteiger partial charge in [0.2, 0.25) is 0 Å². The van der Waals surface area contributed by atoms with Crippen LogP contribution in [-0.4, -0.2) is 74.5 Å². The Morgan fingerprint density at radius 1 is 1.13 bits per heavy atom. The third kappa shape index (κ3) is 4.92. The van der Waals surface area contributed by atoms with Gasteiger partial charge in [-0.2, -0.15) is 0 Å². The molecule has 126 valence electrons. The van der Waals surface area contributed by atoms with Gasteiger partial charge in [-0.15, -0.1) is 0 Å². The van der Waals surface area contributed by atoms with Crippen molar-refractivity contribution in [1.29, 1.82) is 0 Å². The summed E-state index contributed by atoms with van der Waals surface area (Å²) in [6, 6.07) is 10.4. The fourth-order valence-corrected chi connectivity index (χ4v) is 2.97. The van der Waals surface area contributed by atoms with Crippen molar-refractivity contribution in [2.75, 3.05) is 52.5 Å². The summed E-state index contributed by atoms with van der Waals surface area (Å²) in [5, 5.41) is 2.99. The number of nitrogens with one attached hydrogen (secondary N) is 1. The van der Waals surface area contributed by atoms with Gasteiger partial charge in [-0.25, -0.2) is 4.79 Å². The molecule has 1 unspecified atom stereocenters. The molecule has 3 rings (SSSR count). The predicted molar refractivity (Wildman–Crippen MR) is 87.2 cm³/mol. The van der Waals surface area contributed by atoms with E-state index in [1.807, 2.05) is 6.07 Å². The highest BCUT2D eigenvalue weighted by Crippen LogP contribution is 2.10. The summed E-state index contributed by atoms with van der Waals surface area (Å²) < 4.78 is 11.0. The molecular weight excluding hydrogens is 294 g/mol. The molecule has 6 nitrogen and oxygen atoms in total. The van der Waals surface area contributed by atoms with E-state index in [4.69, 9.17) is 9.47 Å². The van der Waals surface area contributed by atoms with Gasteiger partial charge in [0.15, 0.2) is 0 Å². The fourth-order valence-electron chi connectivity index (χ4n) is 2.97. The average molecular weight is 319 g/mol. The van der Waals surface area contributed by atoms with Crippen molar-refractivity contribution >= 4 is 6.03 Å². The van der Waals surface area contributed by atoms with Crippen LogP contribution in [0.15, 0.2) is 30.3 Å². The Hall–Kier alpha value is -1.63.